The van der Waals surface area contributed by atoms with Crippen LogP contribution >= 0.6 is 11.8 Å². The van der Waals surface area contributed by atoms with Crippen LogP contribution in [0.4, 0.5) is 0 Å². The number of fused-ring (bicyclic) bond motifs is 1. The first-order valence-electron chi connectivity index (χ1n) is 6.54. The quantitative estimate of drug-likeness (QED) is 0.679. The van der Waals surface area contributed by atoms with Gasteiger partial charge in [-0.3, -0.25) is 0 Å². The minimum atomic E-state index is -0.555. The molecule has 0 amide bonds. The van der Waals surface area contributed by atoms with E-state index in [1.807, 2.05) is 39.5 Å². The Kier molecular flexibility index (Phi) is 4.29. The molecule has 0 aromatic heterocycles. The Balaban J connectivity index is 2.12. The highest BCUT2D eigenvalue weighted by Gasteiger charge is 2.42. The fourth-order valence-corrected chi connectivity index (χ4v) is 3.51. The Labute approximate surface area is 114 Å². The molecule has 2 saturated heterocycles. The van der Waals surface area contributed by atoms with Gasteiger partial charge in [-0.05, 0) is 34.6 Å². The third-order valence-corrected chi connectivity index (χ3v) is 4.41. The van der Waals surface area contributed by atoms with E-state index >= 15 is 0 Å². The van der Waals surface area contributed by atoms with E-state index in [-0.39, 0.29) is 12.2 Å². The molecule has 0 aromatic rings. The molecule has 2 aliphatic heterocycles. The number of hydrogen-bond donors (Lipinski definition) is 0. The molecule has 0 saturated carbocycles. The van der Waals surface area contributed by atoms with Crippen LogP contribution in [0, 0.1) is 0 Å². The zero-order valence-electron chi connectivity index (χ0n) is 11.9. The summed E-state index contributed by atoms with van der Waals surface area (Å²) in [7, 11) is 0. The lowest BCUT2D eigenvalue weighted by Gasteiger charge is -2.43. The Morgan fingerprint density at radius 1 is 1.00 bits per heavy atom. The average molecular weight is 276 g/mol. The fourth-order valence-electron chi connectivity index (χ4n) is 2.39. The van der Waals surface area contributed by atoms with Crippen LogP contribution in [0.1, 0.15) is 34.6 Å². The van der Waals surface area contributed by atoms with E-state index in [1.165, 1.54) is 0 Å². The predicted molar refractivity (Wildman–Crippen MR) is 71.7 cm³/mol. The summed E-state index contributed by atoms with van der Waals surface area (Å²) in [4.78, 5) is 0. The van der Waals surface area contributed by atoms with Crippen LogP contribution in [0.25, 0.3) is 0 Å². The standard InChI is InChI=1S/C13H24O4S/c1-9-11-10(8-15-13(4,5)17-11)18-7-6-14-12(2,3)16-9/h9-11H,6-8H2,1-5H3. The predicted octanol–water partition coefficient (Wildman–Crippen LogP) is 2.41. The van der Waals surface area contributed by atoms with Gasteiger partial charge in [0.1, 0.15) is 6.10 Å². The minimum absolute atomic E-state index is 0.0150. The van der Waals surface area contributed by atoms with Crippen molar-refractivity contribution < 1.29 is 18.9 Å². The van der Waals surface area contributed by atoms with Crippen LogP contribution in [-0.4, -0.2) is 48.0 Å². The van der Waals surface area contributed by atoms with Crippen LogP contribution in [0.5, 0.6) is 0 Å². The van der Waals surface area contributed by atoms with E-state index in [9.17, 15) is 0 Å². The van der Waals surface area contributed by atoms with Crippen LogP contribution in [0.2, 0.25) is 0 Å². The van der Waals surface area contributed by atoms with Crippen molar-refractivity contribution >= 4 is 11.8 Å². The first-order chi connectivity index (χ1) is 8.29. The topological polar surface area (TPSA) is 36.9 Å². The van der Waals surface area contributed by atoms with Crippen molar-refractivity contribution in [3.8, 4) is 0 Å². The number of thioether (sulfide) groups is 1. The Morgan fingerprint density at radius 3 is 2.39 bits per heavy atom. The lowest BCUT2D eigenvalue weighted by Crippen LogP contribution is -2.53. The van der Waals surface area contributed by atoms with Crippen molar-refractivity contribution in [3.05, 3.63) is 0 Å². The molecular formula is C13H24O4S. The maximum atomic E-state index is 6.05. The van der Waals surface area contributed by atoms with Gasteiger partial charge >= 0.3 is 0 Å². The van der Waals surface area contributed by atoms with Crippen molar-refractivity contribution in [3.63, 3.8) is 0 Å². The van der Waals surface area contributed by atoms with Crippen molar-refractivity contribution in [2.24, 2.45) is 0 Å². The van der Waals surface area contributed by atoms with Crippen molar-refractivity contribution in [1.82, 2.24) is 0 Å². The minimum Gasteiger partial charge on any atom is -0.350 e. The maximum Gasteiger partial charge on any atom is 0.163 e. The molecule has 3 unspecified atom stereocenters. The summed E-state index contributed by atoms with van der Waals surface area (Å²) in [6.07, 6.45) is 0.0264. The van der Waals surface area contributed by atoms with E-state index in [2.05, 4.69) is 6.92 Å². The molecule has 4 nitrogen and oxygen atoms in total. The van der Waals surface area contributed by atoms with E-state index in [0.717, 1.165) is 5.75 Å². The molecule has 0 radical (unpaired) electrons. The Hall–Kier alpha value is 0.190. The monoisotopic (exact) mass is 276 g/mol. The molecule has 0 aliphatic carbocycles. The highest BCUT2D eigenvalue weighted by molar-refractivity contribution is 8.00. The summed E-state index contributed by atoms with van der Waals surface area (Å²) in [6.45, 7) is 11.3. The van der Waals surface area contributed by atoms with Gasteiger partial charge in [-0.15, -0.1) is 0 Å². The van der Waals surface area contributed by atoms with Gasteiger partial charge in [0.2, 0.25) is 0 Å². The Morgan fingerprint density at radius 2 is 1.67 bits per heavy atom. The Bertz CT molecular complexity index is 293. The van der Waals surface area contributed by atoms with Crippen LogP contribution in [0.3, 0.4) is 0 Å². The second-order valence-corrected chi connectivity index (χ2v) is 7.12. The number of rotatable bonds is 0. The van der Waals surface area contributed by atoms with Gasteiger partial charge in [-0.25, -0.2) is 0 Å². The van der Waals surface area contributed by atoms with Gasteiger partial charge in [0.05, 0.1) is 24.6 Å². The molecule has 106 valence electrons. The lowest BCUT2D eigenvalue weighted by molar-refractivity contribution is -0.311. The second-order valence-electron chi connectivity index (χ2n) is 5.77. The van der Waals surface area contributed by atoms with Gasteiger partial charge in [0.25, 0.3) is 0 Å². The van der Waals surface area contributed by atoms with Gasteiger partial charge in [0, 0.05) is 5.75 Å². The zero-order valence-corrected chi connectivity index (χ0v) is 12.7. The molecule has 2 heterocycles. The van der Waals surface area contributed by atoms with Crippen molar-refractivity contribution in [2.45, 2.75) is 63.7 Å². The van der Waals surface area contributed by atoms with Crippen LogP contribution < -0.4 is 0 Å². The van der Waals surface area contributed by atoms with E-state index in [1.54, 1.807) is 0 Å². The van der Waals surface area contributed by atoms with Gasteiger partial charge in [-0.1, -0.05) is 0 Å². The highest BCUT2D eigenvalue weighted by atomic mass is 32.2. The van der Waals surface area contributed by atoms with Gasteiger partial charge < -0.3 is 18.9 Å². The fraction of sp³-hybridized carbons (Fsp3) is 1.00. The smallest absolute Gasteiger partial charge is 0.163 e. The van der Waals surface area contributed by atoms with Crippen molar-refractivity contribution in [1.29, 1.82) is 0 Å². The second kappa shape index (κ2) is 5.29. The summed E-state index contributed by atoms with van der Waals surface area (Å²) in [5, 5.41) is 0.311. The normalized spacial score (nSPS) is 40.2. The molecule has 5 heteroatoms. The molecule has 18 heavy (non-hydrogen) atoms. The maximum absolute atomic E-state index is 6.05. The summed E-state index contributed by atoms with van der Waals surface area (Å²) >= 11 is 1.84. The zero-order chi connectivity index (χ0) is 13.4. The first-order valence-corrected chi connectivity index (χ1v) is 7.59. The van der Waals surface area contributed by atoms with E-state index < -0.39 is 11.6 Å². The van der Waals surface area contributed by atoms with Crippen molar-refractivity contribution in [2.75, 3.05) is 19.0 Å². The van der Waals surface area contributed by atoms with Gasteiger partial charge in [0.15, 0.2) is 11.6 Å². The third-order valence-electron chi connectivity index (χ3n) is 3.18. The SMILES string of the molecule is CC1OC(C)(C)OCCSC2COC(C)(C)OC12. The largest absolute Gasteiger partial charge is 0.350 e. The highest BCUT2D eigenvalue weighted by Crippen LogP contribution is 2.34. The molecule has 2 fully saturated rings. The van der Waals surface area contributed by atoms with Gasteiger partial charge in [-0.2, -0.15) is 11.8 Å². The molecule has 0 bridgehead atoms. The number of ether oxygens (including phenoxy) is 4. The molecule has 0 spiro atoms. The average Bonchev–Trinajstić information content (AvgIpc) is 2.28. The number of hydrogen-bond acceptors (Lipinski definition) is 5. The molecule has 2 rings (SSSR count). The summed E-state index contributed by atoms with van der Waals surface area (Å²) < 4.78 is 23.5. The van der Waals surface area contributed by atoms with Crippen LogP contribution in [-0.2, 0) is 18.9 Å². The molecule has 3 atom stereocenters. The lowest BCUT2D eigenvalue weighted by atomic mass is 10.1. The summed E-state index contributed by atoms with van der Waals surface area (Å²) in [5.41, 5.74) is 0. The van der Waals surface area contributed by atoms with E-state index in [0.29, 0.717) is 18.5 Å². The molecular weight excluding hydrogens is 252 g/mol. The molecule has 0 N–H and O–H groups in total. The molecule has 2 aliphatic rings. The molecule has 0 aromatic carbocycles. The summed E-state index contributed by atoms with van der Waals surface area (Å²) in [5.74, 6) is -0.146. The third kappa shape index (κ3) is 3.61. The van der Waals surface area contributed by atoms with E-state index in [4.69, 9.17) is 18.9 Å². The summed E-state index contributed by atoms with van der Waals surface area (Å²) in [6, 6.07) is 0. The van der Waals surface area contributed by atoms with Crippen LogP contribution in [0.15, 0.2) is 0 Å². The first kappa shape index (κ1) is 14.6.